The van der Waals surface area contributed by atoms with Gasteiger partial charge >= 0.3 is 5.97 Å². The number of carboxylic acid groups (broad SMARTS) is 1. The zero-order chi connectivity index (χ0) is 13.9. The lowest BCUT2D eigenvalue weighted by atomic mass is 10.1. The number of carbonyl (C=O) groups is 1. The highest BCUT2D eigenvalue weighted by Crippen LogP contribution is 2.52. The number of aromatic nitrogens is 2. The highest BCUT2D eigenvalue weighted by Gasteiger charge is 2.59. The second-order valence-electron chi connectivity index (χ2n) is 6.03. The number of aryl methyl sites for hydroxylation is 1. The molecule has 104 valence electrons. The summed E-state index contributed by atoms with van der Waals surface area (Å²) in [6.07, 6.45) is 1.84. The minimum absolute atomic E-state index is 0.0862. The standard InChI is InChI=1S/C15H17N3O2/c1-17-8-16-14-9(3-2-4-12(14)17)5-18-6-10-11(7-18)13(10)15(19)20/h2-4,8,10-11,13H,5-7H2,1H3,(H,19,20)/t10-,11+,13?. The van der Waals surface area contributed by atoms with E-state index in [2.05, 4.69) is 28.1 Å². The number of rotatable bonds is 3. The number of piperidine rings is 1. The fraction of sp³-hybridized carbons (Fsp3) is 0.467. The van der Waals surface area contributed by atoms with Crippen molar-refractivity contribution in [1.82, 2.24) is 14.5 Å². The van der Waals surface area contributed by atoms with E-state index in [4.69, 9.17) is 5.11 Å². The minimum Gasteiger partial charge on any atom is -0.481 e. The molecule has 1 unspecified atom stereocenters. The van der Waals surface area contributed by atoms with E-state index < -0.39 is 5.97 Å². The predicted molar refractivity (Wildman–Crippen MR) is 74.1 cm³/mol. The van der Waals surface area contributed by atoms with Gasteiger partial charge in [-0.1, -0.05) is 12.1 Å². The Kier molecular flexibility index (Phi) is 2.41. The third kappa shape index (κ3) is 1.66. The van der Waals surface area contributed by atoms with Gasteiger partial charge in [0.25, 0.3) is 0 Å². The molecule has 1 aliphatic carbocycles. The normalized spacial score (nSPS) is 28.8. The van der Waals surface area contributed by atoms with Gasteiger partial charge in [-0.25, -0.2) is 4.98 Å². The number of likely N-dealkylation sites (tertiary alicyclic amines) is 1. The maximum absolute atomic E-state index is 11.0. The van der Waals surface area contributed by atoms with Crippen molar-refractivity contribution in [2.75, 3.05) is 13.1 Å². The quantitative estimate of drug-likeness (QED) is 0.915. The van der Waals surface area contributed by atoms with Crippen LogP contribution in [0.4, 0.5) is 0 Å². The molecule has 2 aromatic rings. The summed E-state index contributed by atoms with van der Waals surface area (Å²) in [6.45, 7) is 2.68. The van der Waals surface area contributed by atoms with Gasteiger partial charge < -0.3 is 9.67 Å². The van der Waals surface area contributed by atoms with Crippen molar-refractivity contribution < 1.29 is 9.90 Å². The number of para-hydroxylation sites is 1. The monoisotopic (exact) mass is 271 g/mol. The largest absolute Gasteiger partial charge is 0.481 e. The van der Waals surface area contributed by atoms with Crippen molar-refractivity contribution in [3.8, 4) is 0 Å². The second-order valence-corrected chi connectivity index (χ2v) is 6.03. The first kappa shape index (κ1) is 11.9. The highest BCUT2D eigenvalue weighted by molar-refractivity contribution is 5.79. The van der Waals surface area contributed by atoms with Crippen molar-refractivity contribution in [2.45, 2.75) is 6.54 Å². The van der Waals surface area contributed by atoms with E-state index in [0.29, 0.717) is 11.8 Å². The van der Waals surface area contributed by atoms with Crippen LogP contribution in [0.5, 0.6) is 0 Å². The van der Waals surface area contributed by atoms with Crippen molar-refractivity contribution in [3.63, 3.8) is 0 Å². The molecule has 2 fully saturated rings. The molecule has 0 amide bonds. The summed E-state index contributed by atoms with van der Waals surface area (Å²) in [5, 5.41) is 9.05. The molecule has 20 heavy (non-hydrogen) atoms. The Hall–Kier alpha value is -1.88. The van der Waals surface area contributed by atoms with Crippen LogP contribution in [0.2, 0.25) is 0 Å². The van der Waals surface area contributed by atoms with E-state index >= 15 is 0 Å². The first-order valence-corrected chi connectivity index (χ1v) is 6.99. The van der Waals surface area contributed by atoms with Crippen LogP contribution < -0.4 is 0 Å². The van der Waals surface area contributed by atoms with Crippen LogP contribution in [-0.2, 0) is 18.4 Å². The number of imidazole rings is 1. The van der Waals surface area contributed by atoms with E-state index in [1.54, 1.807) is 0 Å². The molecule has 5 nitrogen and oxygen atoms in total. The second kappa shape index (κ2) is 4.06. The van der Waals surface area contributed by atoms with Crippen LogP contribution in [0.25, 0.3) is 11.0 Å². The summed E-state index contributed by atoms with van der Waals surface area (Å²) in [4.78, 5) is 17.8. The third-order valence-corrected chi connectivity index (χ3v) is 4.79. The molecule has 1 N–H and O–H groups in total. The molecule has 1 saturated carbocycles. The summed E-state index contributed by atoms with van der Waals surface area (Å²) in [6, 6.07) is 6.26. The topological polar surface area (TPSA) is 58.4 Å². The van der Waals surface area contributed by atoms with Crippen LogP contribution in [-0.4, -0.2) is 38.6 Å². The maximum atomic E-state index is 11.0. The van der Waals surface area contributed by atoms with Crippen LogP contribution in [0.3, 0.4) is 0 Å². The Morgan fingerprint density at radius 2 is 2.15 bits per heavy atom. The van der Waals surface area contributed by atoms with Gasteiger partial charge in [0.2, 0.25) is 0 Å². The van der Waals surface area contributed by atoms with Crippen molar-refractivity contribution >= 4 is 17.0 Å². The van der Waals surface area contributed by atoms with Gasteiger partial charge in [0, 0.05) is 26.7 Å². The molecule has 1 aromatic heterocycles. The molecule has 2 aliphatic rings. The van der Waals surface area contributed by atoms with Crippen LogP contribution in [0.15, 0.2) is 24.5 Å². The Bertz CT molecular complexity index is 681. The summed E-state index contributed by atoms with van der Waals surface area (Å²) in [5.74, 6) is 0.0363. The summed E-state index contributed by atoms with van der Waals surface area (Å²) in [7, 11) is 2.00. The third-order valence-electron chi connectivity index (χ3n) is 4.79. The number of carboxylic acids is 1. The molecular weight excluding hydrogens is 254 g/mol. The van der Waals surface area contributed by atoms with E-state index in [9.17, 15) is 4.79 Å². The van der Waals surface area contributed by atoms with Crippen LogP contribution >= 0.6 is 0 Å². The SMILES string of the molecule is Cn1cnc2c(CN3C[C@@H]4C(C(=O)O)[C@@H]4C3)cccc21. The first-order chi connectivity index (χ1) is 9.65. The maximum Gasteiger partial charge on any atom is 0.307 e. The lowest BCUT2D eigenvalue weighted by molar-refractivity contribution is -0.139. The van der Waals surface area contributed by atoms with Gasteiger partial charge in [0.1, 0.15) is 0 Å². The average Bonchev–Trinajstić information content (AvgIpc) is 2.76. The molecule has 1 saturated heterocycles. The molecule has 1 aliphatic heterocycles. The molecule has 4 rings (SSSR count). The van der Waals surface area contributed by atoms with E-state index in [-0.39, 0.29) is 5.92 Å². The van der Waals surface area contributed by atoms with Gasteiger partial charge in [-0.15, -0.1) is 0 Å². The van der Waals surface area contributed by atoms with E-state index in [1.165, 1.54) is 5.56 Å². The average molecular weight is 271 g/mol. The molecule has 5 heteroatoms. The van der Waals surface area contributed by atoms with Crippen LogP contribution in [0.1, 0.15) is 5.56 Å². The van der Waals surface area contributed by atoms with Gasteiger partial charge in [-0.05, 0) is 23.5 Å². The fourth-order valence-corrected chi connectivity index (χ4v) is 3.70. The van der Waals surface area contributed by atoms with Crippen LogP contribution in [0, 0.1) is 17.8 Å². The molecule has 3 atom stereocenters. The smallest absolute Gasteiger partial charge is 0.307 e. The zero-order valence-corrected chi connectivity index (χ0v) is 11.4. The molecule has 1 aromatic carbocycles. The number of nitrogens with zero attached hydrogens (tertiary/aromatic N) is 3. The highest BCUT2D eigenvalue weighted by atomic mass is 16.4. The van der Waals surface area contributed by atoms with Gasteiger partial charge in [0.15, 0.2) is 0 Å². The molecule has 2 heterocycles. The molecular formula is C15H17N3O2. The summed E-state index contributed by atoms with van der Waals surface area (Å²) in [5.41, 5.74) is 3.44. The Morgan fingerprint density at radius 1 is 1.40 bits per heavy atom. The first-order valence-electron chi connectivity index (χ1n) is 6.99. The lowest BCUT2D eigenvalue weighted by Crippen LogP contribution is -2.25. The molecule has 0 spiro atoms. The van der Waals surface area contributed by atoms with Gasteiger partial charge in [0.05, 0.1) is 23.3 Å². The Morgan fingerprint density at radius 3 is 2.85 bits per heavy atom. The van der Waals surface area contributed by atoms with E-state index in [0.717, 1.165) is 30.7 Å². The number of fused-ring (bicyclic) bond motifs is 2. The predicted octanol–water partition coefficient (Wildman–Crippen LogP) is 1.34. The number of hydrogen-bond donors (Lipinski definition) is 1. The summed E-state index contributed by atoms with van der Waals surface area (Å²) >= 11 is 0. The minimum atomic E-state index is -0.619. The number of hydrogen-bond acceptors (Lipinski definition) is 3. The summed E-state index contributed by atoms with van der Waals surface area (Å²) < 4.78 is 2.03. The lowest BCUT2D eigenvalue weighted by Gasteiger charge is -2.18. The van der Waals surface area contributed by atoms with Gasteiger partial charge in [-0.2, -0.15) is 0 Å². The number of aliphatic carboxylic acids is 1. The Labute approximate surface area is 116 Å². The molecule has 0 radical (unpaired) electrons. The van der Waals surface area contributed by atoms with Crippen molar-refractivity contribution in [1.29, 1.82) is 0 Å². The zero-order valence-electron chi connectivity index (χ0n) is 11.4. The van der Waals surface area contributed by atoms with Crippen molar-refractivity contribution in [2.24, 2.45) is 24.8 Å². The Balaban J connectivity index is 1.52. The number of benzene rings is 1. The van der Waals surface area contributed by atoms with Crippen molar-refractivity contribution in [3.05, 3.63) is 30.1 Å². The van der Waals surface area contributed by atoms with Gasteiger partial charge in [-0.3, -0.25) is 9.69 Å². The molecule has 0 bridgehead atoms. The fourth-order valence-electron chi connectivity index (χ4n) is 3.70. The van der Waals surface area contributed by atoms with E-state index in [1.807, 2.05) is 17.9 Å².